The summed E-state index contributed by atoms with van der Waals surface area (Å²) in [5.74, 6) is 0.926. The van der Waals surface area contributed by atoms with Crippen LogP contribution in [0, 0.1) is 0 Å². The molecule has 0 spiro atoms. The molecule has 0 bridgehead atoms. The van der Waals surface area contributed by atoms with Gasteiger partial charge in [-0.05, 0) is 47.5 Å². The van der Waals surface area contributed by atoms with Gasteiger partial charge >= 0.3 is 0 Å². The lowest BCUT2D eigenvalue weighted by molar-refractivity contribution is -0.121. The zero-order valence-corrected chi connectivity index (χ0v) is 18.1. The van der Waals surface area contributed by atoms with Crippen molar-refractivity contribution in [3.63, 3.8) is 0 Å². The maximum absolute atomic E-state index is 12.4. The van der Waals surface area contributed by atoms with Crippen LogP contribution in [0.15, 0.2) is 91.5 Å². The minimum atomic E-state index is -0.280. The van der Waals surface area contributed by atoms with Crippen LogP contribution in [0.4, 0.5) is 11.4 Å². The first-order valence-electron chi connectivity index (χ1n) is 10.6. The molecule has 6 nitrogen and oxygen atoms in total. The molecule has 0 atom stereocenters. The molecule has 1 heterocycles. The highest BCUT2D eigenvalue weighted by Crippen LogP contribution is 2.34. The molecule has 0 radical (unpaired) electrons. The number of hydrogen-bond donors (Lipinski definition) is 1. The zero-order valence-electron chi connectivity index (χ0n) is 18.1. The summed E-state index contributed by atoms with van der Waals surface area (Å²) in [6, 6.07) is 22.7. The number of nitrogens with one attached hydrogen (secondary N) is 1. The number of benzene rings is 3. The van der Waals surface area contributed by atoms with Crippen molar-refractivity contribution in [1.82, 2.24) is 0 Å². The third kappa shape index (κ3) is 5.68. The van der Waals surface area contributed by atoms with Crippen molar-refractivity contribution in [3.8, 4) is 11.5 Å². The molecule has 0 saturated carbocycles. The minimum absolute atomic E-state index is 0.00856. The maximum atomic E-state index is 12.4. The number of nitrogens with zero attached hydrogens (tertiary/aromatic N) is 1. The number of fused-ring (bicyclic) bond motifs is 1. The van der Waals surface area contributed by atoms with Crippen LogP contribution in [0.25, 0.3) is 6.08 Å². The SMILES string of the molecule is C=CCN1C(=O)COc2ccc(NC(=O)/C=C/c3ccc(OCc4ccccc4)cc3)cc21. The summed E-state index contributed by atoms with van der Waals surface area (Å²) >= 11 is 0. The van der Waals surface area contributed by atoms with Gasteiger partial charge in [0, 0.05) is 18.3 Å². The van der Waals surface area contributed by atoms with Gasteiger partial charge in [0.05, 0.1) is 5.69 Å². The Labute approximate surface area is 192 Å². The van der Waals surface area contributed by atoms with Gasteiger partial charge in [-0.2, -0.15) is 0 Å². The number of anilines is 2. The normalized spacial score (nSPS) is 12.7. The Kier molecular flexibility index (Phi) is 6.85. The third-order valence-electron chi connectivity index (χ3n) is 5.04. The Balaban J connectivity index is 1.35. The fourth-order valence-corrected chi connectivity index (χ4v) is 3.38. The number of carbonyl (C=O) groups is 2. The summed E-state index contributed by atoms with van der Waals surface area (Å²) in [6.45, 7) is 4.56. The Hall–Kier alpha value is -4.32. The van der Waals surface area contributed by atoms with E-state index < -0.39 is 0 Å². The molecule has 0 unspecified atom stereocenters. The van der Waals surface area contributed by atoms with Gasteiger partial charge in [0.2, 0.25) is 5.91 Å². The largest absolute Gasteiger partial charge is 0.489 e. The van der Waals surface area contributed by atoms with Crippen molar-refractivity contribution in [2.75, 3.05) is 23.4 Å². The second kappa shape index (κ2) is 10.3. The van der Waals surface area contributed by atoms with Gasteiger partial charge in [-0.25, -0.2) is 0 Å². The molecule has 3 aromatic carbocycles. The highest BCUT2D eigenvalue weighted by atomic mass is 16.5. The first kappa shape index (κ1) is 21.9. The molecule has 1 aliphatic heterocycles. The van der Waals surface area contributed by atoms with Gasteiger partial charge in [-0.3, -0.25) is 9.59 Å². The first-order valence-corrected chi connectivity index (χ1v) is 10.6. The number of carbonyl (C=O) groups excluding carboxylic acids is 2. The lowest BCUT2D eigenvalue weighted by Gasteiger charge is -2.28. The van der Waals surface area contributed by atoms with Crippen LogP contribution in [0.5, 0.6) is 11.5 Å². The van der Waals surface area contributed by atoms with Crippen molar-refractivity contribution >= 4 is 29.3 Å². The summed E-state index contributed by atoms with van der Waals surface area (Å²) in [7, 11) is 0. The molecule has 166 valence electrons. The van der Waals surface area contributed by atoms with Gasteiger partial charge < -0.3 is 19.7 Å². The Morgan fingerprint density at radius 3 is 2.64 bits per heavy atom. The highest BCUT2D eigenvalue weighted by Gasteiger charge is 2.24. The molecule has 1 aliphatic rings. The van der Waals surface area contributed by atoms with E-state index in [9.17, 15) is 9.59 Å². The topological polar surface area (TPSA) is 67.9 Å². The van der Waals surface area contributed by atoms with Gasteiger partial charge in [0.15, 0.2) is 6.61 Å². The maximum Gasteiger partial charge on any atom is 0.265 e. The van der Waals surface area contributed by atoms with E-state index in [-0.39, 0.29) is 18.4 Å². The minimum Gasteiger partial charge on any atom is -0.489 e. The summed E-state index contributed by atoms with van der Waals surface area (Å²) in [6.07, 6.45) is 4.84. The zero-order chi connectivity index (χ0) is 23.0. The van der Waals surface area contributed by atoms with Crippen LogP contribution in [0.2, 0.25) is 0 Å². The van der Waals surface area contributed by atoms with Crippen LogP contribution in [0.1, 0.15) is 11.1 Å². The smallest absolute Gasteiger partial charge is 0.265 e. The average molecular weight is 440 g/mol. The summed E-state index contributed by atoms with van der Waals surface area (Å²) < 4.78 is 11.3. The molecule has 6 heteroatoms. The molecular weight excluding hydrogens is 416 g/mol. The molecular formula is C27H24N2O4. The van der Waals surface area contributed by atoms with E-state index in [1.807, 2.05) is 54.6 Å². The van der Waals surface area contributed by atoms with Gasteiger partial charge in [0.25, 0.3) is 5.91 Å². The van der Waals surface area contributed by atoms with E-state index in [1.165, 1.54) is 6.08 Å². The number of ether oxygens (including phenoxy) is 2. The van der Waals surface area contributed by atoms with Crippen molar-refractivity contribution < 1.29 is 19.1 Å². The monoisotopic (exact) mass is 440 g/mol. The standard InChI is InChI=1S/C27H24N2O4/c1-2-16-29-24-17-22(11-14-25(24)33-19-27(29)31)28-26(30)15-10-20-8-12-23(13-9-20)32-18-21-6-4-3-5-7-21/h2-15,17H,1,16,18-19H2,(H,28,30)/b15-10+. The van der Waals surface area contributed by atoms with Crippen molar-refractivity contribution in [2.24, 2.45) is 0 Å². The van der Waals surface area contributed by atoms with Crippen molar-refractivity contribution in [2.45, 2.75) is 6.61 Å². The summed E-state index contributed by atoms with van der Waals surface area (Å²) in [5.41, 5.74) is 3.15. The van der Waals surface area contributed by atoms with E-state index in [4.69, 9.17) is 9.47 Å². The molecule has 0 aromatic heterocycles. The van der Waals surface area contributed by atoms with Gasteiger partial charge in [-0.1, -0.05) is 48.5 Å². The van der Waals surface area contributed by atoms with E-state index in [0.717, 1.165) is 16.9 Å². The molecule has 33 heavy (non-hydrogen) atoms. The average Bonchev–Trinajstić information content (AvgIpc) is 2.84. The molecule has 0 saturated heterocycles. The van der Waals surface area contributed by atoms with Gasteiger partial charge in [0.1, 0.15) is 18.1 Å². The van der Waals surface area contributed by atoms with Crippen LogP contribution >= 0.6 is 0 Å². The van der Waals surface area contributed by atoms with Crippen LogP contribution in [-0.4, -0.2) is 25.0 Å². The third-order valence-corrected chi connectivity index (χ3v) is 5.04. The van der Waals surface area contributed by atoms with Crippen LogP contribution in [-0.2, 0) is 16.2 Å². The summed E-state index contributed by atoms with van der Waals surface area (Å²) in [5, 5.41) is 2.82. The predicted molar refractivity (Wildman–Crippen MR) is 129 cm³/mol. The van der Waals surface area contributed by atoms with Crippen molar-refractivity contribution in [3.05, 3.63) is 103 Å². The van der Waals surface area contributed by atoms with E-state index in [0.29, 0.717) is 30.3 Å². The fraction of sp³-hybridized carbons (Fsp3) is 0.111. The first-order chi connectivity index (χ1) is 16.1. The van der Waals surface area contributed by atoms with Gasteiger partial charge in [-0.15, -0.1) is 6.58 Å². The molecule has 1 N–H and O–H groups in total. The second-order valence-corrected chi connectivity index (χ2v) is 7.43. The van der Waals surface area contributed by atoms with Crippen LogP contribution in [0.3, 0.4) is 0 Å². The number of hydrogen-bond acceptors (Lipinski definition) is 4. The lowest BCUT2D eigenvalue weighted by atomic mass is 10.2. The van der Waals surface area contributed by atoms with Crippen molar-refractivity contribution in [1.29, 1.82) is 0 Å². The Morgan fingerprint density at radius 1 is 1.09 bits per heavy atom. The summed E-state index contributed by atoms with van der Waals surface area (Å²) in [4.78, 5) is 26.1. The van der Waals surface area contributed by atoms with E-state index in [1.54, 1.807) is 35.3 Å². The molecule has 4 rings (SSSR count). The number of rotatable bonds is 8. The quantitative estimate of drug-likeness (QED) is 0.403. The van der Waals surface area contributed by atoms with Crippen LogP contribution < -0.4 is 19.7 Å². The van der Waals surface area contributed by atoms with E-state index >= 15 is 0 Å². The van der Waals surface area contributed by atoms with E-state index in [2.05, 4.69) is 11.9 Å². The second-order valence-electron chi connectivity index (χ2n) is 7.43. The Bertz CT molecular complexity index is 1170. The highest BCUT2D eigenvalue weighted by molar-refractivity contribution is 6.03. The molecule has 0 fully saturated rings. The number of amides is 2. The lowest BCUT2D eigenvalue weighted by Crippen LogP contribution is -2.38. The predicted octanol–water partition coefficient (Wildman–Crippen LogP) is 4.83. The fourth-order valence-electron chi connectivity index (χ4n) is 3.38. The molecule has 3 aromatic rings. The Morgan fingerprint density at radius 2 is 1.88 bits per heavy atom. The molecule has 0 aliphatic carbocycles. The molecule has 2 amide bonds.